The van der Waals surface area contributed by atoms with Crippen molar-refractivity contribution in [3.8, 4) is 0 Å². The van der Waals surface area contributed by atoms with Crippen LogP contribution in [0.15, 0.2) is 36.5 Å². The second kappa shape index (κ2) is 5.07. The Morgan fingerprint density at radius 2 is 2.07 bits per heavy atom. The monoisotopic (exact) mass is 191 g/mol. The molecule has 0 aliphatic heterocycles. The van der Waals surface area contributed by atoms with Crippen molar-refractivity contribution in [1.82, 2.24) is 5.32 Å². The number of aliphatic carboxylic acids is 1. The molecule has 1 unspecified atom stereocenters. The Morgan fingerprint density at radius 3 is 2.64 bits per heavy atom. The fourth-order valence-electron chi connectivity index (χ4n) is 0.924. The van der Waals surface area contributed by atoms with Gasteiger partial charge < -0.3 is 10.4 Å². The average Bonchev–Trinajstić information content (AvgIpc) is 2.19. The van der Waals surface area contributed by atoms with E-state index in [2.05, 4.69) is 5.32 Å². The molecule has 0 radical (unpaired) electrons. The van der Waals surface area contributed by atoms with Crippen LogP contribution < -0.4 is 5.32 Å². The first-order valence-electron chi connectivity index (χ1n) is 4.40. The molecule has 0 heterocycles. The zero-order valence-corrected chi connectivity index (χ0v) is 7.97. The number of hydrogen-bond donors (Lipinski definition) is 2. The van der Waals surface area contributed by atoms with Gasteiger partial charge in [0.25, 0.3) is 0 Å². The van der Waals surface area contributed by atoms with Crippen LogP contribution in [0.25, 0.3) is 6.08 Å². The van der Waals surface area contributed by atoms with Gasteiger partial charge in [-0.25, -0.2) is 0 Å². The molecule has 0 saturated heterocycles. The first kappa shape index (κ1) is 10.3. The molecule has 0 saturated carbocycles. The van der Waals surface area contributed by atoms with E-state index in [1.807, 2.05) is 36.4 Å². The Balaban J connectivity index is 2.46. The second-order valence-electron chi connectivity index (χ2n) is 2.97. The summed E-state index contributed by atoms with van der Waals surface area (Å²) in [4.78, 5) is 10.4. The van der Waals surface area contributed by atoms with E-state index < -0.39 is 12.0 Å². The van der Waals surface area contributed by atoms with Gasteiger partial charge in [0.1, 0.15) is 6.04 Å². The number of carboxylic acid groups (broad SMARTS) is 1. The van der Waals surface area contributed by atoms with Crippen molar-refractivity contribution in [1.29, 1.82) is 0 Å². The van der Waals surface area contributed by atoms with Crippen LogP contribution in [0, 0.1) is 0 Å². The molecule has 0 aromatic heterocycles. The molecule has 1 atom stereocenters. The van der Waals surface area contributed by atoms with E-state index in [0.717, 1.165) is 5.56 Å². The molecule has 14 heavy (non-hydrogen) atoms. The number of benzene rings is 1. The topological polar surface area (TPSA) is 49.3 Å². The molecule has 0 bridgehead atoms. The van der Waals surface area contributed by atoms with E-state index in [1.165, 1.54) is 0 Å². The quantitative estimate of drug-likeness (QED) is 0.761. The lowest BCUT2D eigenvalue weighted by atomic mass is 10.2. The summed E-state index contributed by atoms with van der Waals surface area (Å²) in [7, 11) is 0. The maximum atomic E-state index is 10.4. The fraction of sp³-hybridized carbons (Fsp3) is 0.182. The van der Waals surface area contributed by atoms with E-state index in [0.29, 0.717) is 0 Å². The number of carboxylic acids is 1. The predicted octanol–water partition coefficient (Wildman–Crippen LogP) is 1.72. The van der Waals surface area contributed by atoms with E-state index in [-0.39, 0.29) is 0 Å². The number of nitrogens with one attached hydrogen (secondary N) is 1. The van der Waals surface area contributed by atoms with Crippen molar-refractivity contribution in [3.05, 3.63) is 42.1 Å². The van der Waals surface area contributed by atoms with E-state index in [9.17, 15) is 4.79 Å². The van der Waals surface area contributed by atoms with Crippen LogP contribution in [0.1, 0.15) is 12.5 Å². The SMILES string of the molecule is CC(N/C=C/c1ccccc1)C(=O)O. The molecule has 0 aliphatic carbocycles. The Bertz CT molecular complexity index is 319. The second-order valence-corrected chi connectivity index (χ2v) is 2.97. The maximum absolute atomic E-state index is 10.4. The summed E-state index contributed by atoms with van der Waals surface area (Å²) < 4.78 is 0. The summed E-state index contributed by atoms with van der Waals surface area (Å²) in [6, 6.07) is 9.13. The number of carbonyl (C=O) groups is 1. The van der Waals surface area contributed by atoms with E-state index >= 15 is 0 Å². The third kappa shape index (κ3) is 3.31. The molecule has 2 N–H and O–H groups in total. The van der Waals surface area contributed by atoms with Crippen molar-refractivity contribution in [2.45, 2.75) is 13.0 Å². The minimum atomic E-state index is -0.859. The highest BCUT2D eigenvalue weighted by Gasteiger charge is 2.05. The Kier molecular flexibility index (Phi) is 3.73. The molecule has 0 fully saturated rings. The lowest BCUT2D eigenvalue weighted by molar-refractivity contribution is -0.138. The van der Waals surface area contributed by atoms with Gasteiger partial charge in [0.15, 0.2) is 0 Å². The Morgan fingerprint density at radius 1 is 1.43 bits per heavy atom. The molecule has 3 nitrogen and oxygen atoms in total. The van der Waals surface area contributed by atoms with Crippen molar-refractivity contribution >= 4 is 12.0 Å². The van der Waals surface area contributed by atoms with Crippen LogP contribution in [0.4, 0.5) is 0 Å². The van der Waals surface area contributed by atoms with Gasteiger partial charge >= 0.3 is 5.97 Å². The first-order valence-corrected chi connectivity index (χ1v) is 4.40. The molecule has 0 aliphatic rings. The van der Waals surface area contributed by atoms with Gasteiger partial charge in [-0.15, -0.1) is 0 Å². The summed E-state index contributed by atoms with van der Waals surface area (Å²) in [6.07, 6.45) is 3.48. The summed E-state index contributed by atoms with van der Waals surface area (Å²) in [6.45, 7) is 1.59. The summed E-state index contributed by atoms with van der Waals surface area (Å²) in [5.74, 6) is -0.859. The Labute approximate surface area is 83.1 Å². The lowest BCUT2D eigenvalue weighted by Crippen LogP contribution is -2.29. The summed E-state index contributed by atoms with van der Waals surface area (Å²) in [5, 5.41) is 11.3. The maximum Gasteiger partial charge on any atom is 0.325 e. The highest BCUT2D eigenvalue weighted by molar-refractivity contribution is 5.73. The van der Waals surface area contributed by atoms with Gasteiger partial charge in [-0.05, 0) is 24.8 Å². The van der Waals surface area contributed by atoms with Crippen LogP contribution in [0.3, 0.4) is 0 Å². The van der Waals surface area contributed by atoms with Crippen LogP contribution in [0.2, 0.25) is 0 Å². The normalized spacial score (nSPS) is 12.6. The van der Waals surface area contributed by atoms with Gasteiger partial charge in [-0.2, -0.15) is 0 Å². The van der Waals surface area contributed by atoms with Crippen LogP contribution in [-0.2, 0) is 4.79 Å². The van der Waals surface area contributed by atoms with Gasteiger partial charge in [0.2, 0.25) is 0 Å². The third-order valence-corrected chi connectivity index (χ3v) is 1.79. The highest BCUT2D eigenvalue weighted by atomic mass is 16.4. The van der Waals surface area contributed by atoms with Gasteiger partial charge in [-0.1, -0.05) is 30.3 Å². The standard InChI is InChI=1S/C11H13NO2/c1-9(11(13)14)12-8-7-10-5-3-2-4-6-10/h2-9,12H,1H3,(H,13,14)/b8-7+. The average molecular weight is 191 g/mol. The summed E-state index contributed by atoms with van der Waals surface area (Å²) >= 11 is 0. The molecule has 3 heteroatoms. The van der Waals surface area contributed by atoms with Crippen LogP contribution in [-0.4, -0.2) is 17.1 Å². The van der Waals surface area contributed by atoms with Crippen LogP contribution >= 0.6 is 0 Å². The lowest BCUT2D eigenvalue weighted by Gasteiger charge is -2.04. The molecule has 1 rings (SSSR count). The van der Waals surface area contributed by atoms with Gasteiger partial charge in [-0.3, -0.25) is 4.79 Å². The van der Waals surface area contributed by atoms with Crippen LogP contribution in [0.5, 0.6) is 0 Å². The molecular formula is C11H13NO2. The molecule has 0 spiro atoms. The summed E-state index contributed by atoms with van der Waals surface area (Å²) in [5.41, 5.74) is 1.04. The molecule has 74 valence electrons. The predicted molar refractivity (Wildman–Crippen MR) is 55.7 cm³/mol. The van der Waals surface area contributed by atoms with Gasteiger partial charge in [0.05, 0.1) is 0 Å². The zero-order valence-electron chi connectivity index (χ0n) is 7.97. The molecule has 1 aromatic rings. The number of hydrogen-bond acceptors (Lipinski definition) is 2. The number of rotatable bonds is 4. The zero-order chi connectivity index (χ0) is 10.4. The van der Waals surface area contributed by atoms with Crippen molar-refractivity contribution in [2.75, 3.05) is 0 Å². The van der Waals surface area contributed by atoms with Crippen molar-refractivity contribution < 1.29 is 9.90 Å². The molecular weight excluding hydrogens is 178 g/mol. The Hall–Kier alpha value is -1.77. The first-order chi connectivity index (χ1) is 6.70. The minimum absolute atomic E-state index is 0.560. The van der Waals surface area contributed by atoms with E-state index in [1.54, 1.807) is 13.1 Å². The highest BCUT2D eigenvalue weighted by Crippen LogP contribution is 1.99. The minimum Gasteiger partial charge on any atom is -0.480 e. The van der Waals surface area contributed by atoms with Crippen molar-refractivity contribution in [2.24, 2.45) is 0 Å². The molecule has 1 aromatic carbocycles. The third-order valence-electron chi connectivity index (χ3n) is 1.79. The smallest absolute Gasteiger partial charge is 0.325 e. The fourth-order valence-corrected chi connectivity index (χ4v) is 0.924. The molecule has 0 amide bonds. The largest absolute Gasteiger partial charge is 0.480 e. The van der Waals surface area contributed by atoms with Crippen molar-refractivity contribution in [3.63, 3.8) is 0 Å². The van der Waals surface area contributed by atoms with E-state index in [4.69, 9.17) is 5.11 Å². The van der Waals surface area contributed by atoms with Gasteiger partial charge in [0, 0.05) is 0 Å².